The van der Waals surface area contributed by atoms with E-state index in [0.29, 0.717) is 10.4 Å². The molecule has 114 valence electrons. The van der Waals surface area contributed by atoms with E-state index in [1.54, 1.807) is 6.07 Å². The van der Waals surface area contributed by atoms with Crippen LogP contribution in [-0.4, -0.2) is 22.0 Å². The molecule has 0 saturated carbocycles. The minimum absolute atomic E-state index is 0.0399. The molecule has 0 aliphatic rings. The van der Waals surface area contributed by atoms with E-state index in [1.165, 1.54) is 6.08 Å². The highest BCUT2D eigenvalue weighted by molar-refractivity contribution is 7.07. The van der Waals surface area contributed by atoms with Gasteiger partial charge in [0.15, 0.2) is 0 Å². The molecule has 0 aliphatic heterocycles. The van der Waals surface area contributed by atoms with Gasteiger partial charge < -0.3 is 15.4 Å². The van der Waals surface area contributed by atoms with Crippen molar-refractivity contribution >= 4 is 41.1 Å². The van der Waals surface area contributed by atoms with E-state index in [2.05, 4.69) is 10.3 Å². The third-order valence-corrected chi connectivity index (χ3v) is 3.80. The molecule has 22 heavy (non-hydrogen) atoms. The standard InChI is InChI=1S/C15H14N2O4S/c1-8-3-4-10(9(2)5-8)16-12(18)7-13-17-15(21)11(22-13)6-14(19)20/h3-7H,1-2H3,(H,16,18)(H,17,21)(H,19,20). The Morgan fingerprint density at radius 3 is 2.64 bits per heavy atom. The van der Waals surface area contributed by atoms with Crippen LogP contribution in [0, 0.1) is 13.8 Å². The summed E-state index contributed by atoms with van der Waals surface area (Å²) in [6.45, 7) is 3.84. The summed E-state index contributed by atoms with van der Waals surface area (Å²) < 4.78 is 0.331. The Morgan fingerprint density at radius 2 is 2.00 bits per heavy atom. The molecule has 1 amide bonds. The van der Waals surface area contributed by atoms with Gasteiger partial charge in [0.05, 0.1) is 0 Å². The third kappa shape index (κ3) is 3.92. The first-order valence-corrected chi connectivity index (χ1v) is 7.20. The molecule has 0 spiro atoms. The van der Waals surface area contributed by atoms with Gasteiger partial charge in [0.1, 0.15) is 9.20 Å². The maximum absolute atomic E-state index is 12.0. The van der Waals surface area contributed by atoms with Gasteiger partial charge in [-0.25, -0.2) is 4.79 Å². The van der Waals surface area contributed by atoms with E-state index >= 15 is 0 Å². The van der Waals surface area contributed by atoms with Crippen molar-refractivity contribution < 1.29 is 14.7 Å². The van der Waals surface area contributed by atoms with Gasteiger partial charge >= 0.3 is 5.97 Å². The summed E-state index contributed by atoms with van der Waals surface area (Å²) >= 11 is 0.913. The maximum Gasteiger partial charge on any atom is 0.329 e. The molecule has 6 nitrogen and oxygen atoms in total. The van der Waals surface area contributed by atoms with E-state index < -0.39 is 17.4 Å². The number of anilines is 1. The summed E-state index contributed by atoms with van der Waals surface area (Å²) in [7, 11) is 0. The number of carboxylic acids is 1. The first-order valence-electron chi connectivity index (χ1n) is 6.39. The van der Waals surface area contributed by atoms with Gasteiger partial charge in [0, 0.05) is 17.8 Å². The second-order valence-corrected chi connectivity index (χ2v) is 5.80. The van der Waals surface area contributed by atoms with Crippen LogP contribution in [0.5, 0.6) is 0 Å². The third-order valence-electron chi connectivity index (χ3n) is 2.84. The molecule has 1 aromatic carbocycles. The van der Waals surface area contributed by atoms with Crippen molar-refractivity contribution in [3.05, 3.63) is 48.9 Å². The number of rotatable bonds is 3. The van der Waals surface area contributed by atoms with Gasteiger partial charge in [0.2, 0.25) is 0 Å². The maximum atomic E-state index is 12.0. The van der Waals surface area contributed by atoms with Crippen molar-refractivity contribution in [2.75, 3.05) is 5.32 Å². The van der Waals surface area contributed by atoms with Crippen LogP contribution in [0.1, 0.15) is 11.1 Å². The number of amides is 1. The molecule has 3 N–H and O–H groups in total. The second kappa shape index (κ2) is 6.40. The first-order chi connectivity index (χ1) is 10.3. The van der Waals surface area contributed by atoms with Crippen LogP contribution in [0.4, 0.5) is 5.69 Å². The predicted molar refractivity (Wildman–Crippen MR) is 85.3 cm³/mol. The lowest BCUT2D eigenvalue weighted by atomic mass is 10.1. The summed E-state index contributed by atoms with van der Waals surface area (Å²) in [6, 6.07) is 5.63. The lowest BCUT2D eigenvalue weighted by molar-refractivity contribution is -0.129. The molecule has 0 bridgehead atoms. The van der Waals surface area contributed by atoms with Gasteiger partial charge in [-0.15, -0.1) is 11.3 Å². The Bertz CT molecular complexity index is 908. The molecular formula is C15H14N2O4S. The molecule has 1 heterocycles. The minimum Gasteiger partial charge on any atom is -0.478 e. The topological polar surface area (TPSA) is 99.3 Å². The van der Waals surface area contributed by atoms with Crippen LogP contribution in [0.2, 0.25) is 0 Å². The minimum atomic E-state index is -1.21. The number of carbonyl (C=O) groups is 2. The van der Waals surface area contributed by atoms with Crippen LogP contribution in [-0.2, 0) is 9.59 Å². The monoisotopic (exact) mass is 318 g/mol. The zero-order chi connectivity index (χ0) is 16.3. The summed E-state index contributed by atoms with van der Waals surface area (Å²) in [5.74, 6) is -1.61. The molecule has 2 aromatic rings. The lowest BCUT2D eigenvalue weighted by Gasteiger charge is -2.06. The highest BCUT2D eigenvalue weighted by Crippen LogP contribution is 2.15. The number of thiazole rings is 1. The summed E-state index contributed by atoms with van der Waals surface area (Å²) in [5, 5.41) is 11.4. The fourth-order valence-electron chi connectivity index (χ4n) is 1.88. The second-order valence-electron chi connectivity index (χ2n) is 4.72. The number of carboxylic acid groups (broad SMARTS) is 1. The molecular weight excluding hydrogens is 304 g/mol. The zero-order valence-corrected chi connectivity index (χ0v) is 12.8. The van der Waals surface area contributed by atoms with Crippen molar-refractivity contribution in [2.45, 2.75) is 13.8 Å². The number of nitrogens with one attached hydrogen (secondary N) is 2. The number of hydrogen-bond donors (Lipinski definition) is 3. The van der Waals surface area contributed by atoms with Crippen molar-refractivity contribution in [1.82, 2.24) is 4.98 Å². The molecule has 0 aliphatic carbocycles. The number of aryl methyl sites for hydroxylation is 2. The van der Waals surface area contributed by atoms with E-state index in [1.807, 2.05) is 26.0 Å². The number of benzene rings is 1. The van der Waals surface area contributed by atoms with Gasteiger partial charge in [-0.3, -0.25) is 9.59 Å². The fraction of sp³-hybridized carbons (Fsp3) is 0.133. The molecule has 0 atom stereocenters. The number of carbonyl (C=O) groups excluding carboxylic acids is 1. The molecule has 0 fully saturated rings. The van der Waals surface area contributed by atoms with E-state index in [4.69, 9.17) is 5.11 Å². The Balaban J connectivity index is 2.28. The Morgan fingerprint density at radius 1 is 1.27 bits per heavy atom. The summed E-state index contributed by atoms with van der Waals surface area (Å²) in [4.78, 5) is 36.5. The quantitative estimate of drug-likeness (QED) is 0.760. The lowest BCUT2D eigenvalue weighted by Crippen LogP contribution is -2.21. The van der Waals surface area contributed by atoms with E-state index in [-0.39, 0.29) is 4.53 Å². The van der Waals surface area contributed by atoms with Crippen molar-refractivity contribution in [1.29, 1.82) is 0 Å². The Hall–Kier alpha value is -2.67. The average molecular weight is 318 g/mol. The normalized spacial score (nSPS) is 12.5. The molecule has 2 rings (SSSR count). The number of aromatic nitrogens is 1. The van der Waals surface area contributed by atoms with Crippen molar-refractivity contribution in [3.63, 3.8) is 0 Å². The van der Waals surface area contributed by atoms with E-state index in [0.717, 1.165) is 28.5 Å². The van der Waals surface area contributed by atoms with Gasteiger partial charge in [-0.05, 0) is 25.5 Å². The number of aliphatic carboxylic acids is 1. The smallest absolute Gasteiger partial charge is 0.329 e. The Labute approximate surface area is 129 Å². The van der Waals surface area contributed by atoms with Crippen molar-refractivity contribution in [2.24, 2.45) is 0 Å². The number of H-pyrrole nitrogens is 1. The highest BCUT2D eigenvalue weighted by atomic mass is 32.1. The van der Waals surface area contributed by atoms with Gasteiger partial charge in [-0.2, -0.15) is 0 Å². The van der Waals surface area contributed by atoms with Crippen LogP contribution in [0.3, 0.4) is 0 Å². The SMILES string of the molecule is Cc1ccc(NC(=O)C=c2[nH]c(=O)c(=CC(=O)O)s2)c(C)c1. The molecule has 1 aromatic heterocycles. The van der Waals surface area contributed by atoms with Crippen LogP contribution in [0.15, 0.2) is 23.0 Å². The Kier molecular flexibility index (Phi) is 4.57. The number of aromatic amines is 1. The largest absolute Gasteiger partial charge is 0.478 e. The average Bonchev–Trinajstić information content (AvgIpc) is 2.72. The molecule has 0 saturated heterocycles. The van der Waals surface area contributed by atoms with Crippen LogP contribution in [0.25, 0.3) is 12.2 Å². The predicted octanol–water partition coefficient (Wildman–Crippen LogP) is 0.338. The summed E-state index contributed by atoms with van der Waals surface area (Å²) in [5.41, 5.74) is 2.18. The first kappa shape index (κ1) is 15.7. The van der Waals surface area contributed by atoms with Crippen LogP contribution < -0.4 is 20.1 Å². The molecule has 0 unspecified atom stereocenters. The van der Waals surface area contributed by atoms with Gasteiger partial charge in [-0.1, -0.05) is 17.7 Å². The number of hydrogen-bond acceptors (Lipinski definition) is 4. The van der Waals surface area contributed by atoms with E-state index in [9.17, 15) is 14.4 Å². The zero-order valence-electron chi connectivity index (χ0n) is 12.0. The molecule has 0 radical (unpaired) electrons. The molecule has 7 heteroatoms. The van der Waals surface area contributed by atoms with Crippen LogP contribution >= 0.6 is 11.3 Å². The fourth-order valence-corrected chi connectivity index (χ4v) is 2.73. The highest BCUT2D eigenvalue weighted by Gasteiger charge is 2.03. The van der Waals surface area contributed by atoms with Crippen molar-refractivity contribution in [3.8, 4) is 0 Å². The van der Waals surface area contributed by atoms with Gasteiger partial charge in [0.25, 0.3) is 11.5 Å². The summed E-state index contributed by atoms with van der Waals surface area (Å²) in [6.07, 6.45) is 2.04.